The Bertz CT molecular complexity index is 554. The van der Waals surface area contributed by atoms with Crippen LogP contribution in [0.3, 0.4) is 0 Å². The van der Waals surface area contributed by atoms with Crippen LogP contribution in [0.4, 0.5) is 0 Å². The molecule has 0 aromatic heterocycles. The molecule has 120 valence electrons. The number of carboxylic acid groups (broad SMARTS) is 2. The summed E-state index contributed by atoms with van der Waals surface area (Å²) in [5.74, 6) is -4.02. The van der Waals surface area contributed by atoms with E-state index in [9.17, 15) is 24.3 Å². The van der Waals surface area contributed by atoms with E-state index in [-0.39, 0.29) is 6.42 Å². The SMILES string of the molecule is CC(=O)N[C@H](C(=O)O)C1(C(=O)[C@@H](N)CC(=O)O)C=CC=CC1. The molecule has 0 aliphatic heterocycles. The van der Waals surface area contributed by atoms with Gasteiger partial charge >= 0.3 is 11.9 Å². The van der Waals surface area contributed by atoms with Gasteiger partial charge in [-0.3, -0.25) is 14.4 Å². The molecule has 3 atom stereocenters. The van der Waals surface area contributed by atoms with Gasteiger partial charge in [0.05, 0.1) is 17.9 Å². The molecule has 1 unspecified atom stereocenters. The van der Waals surface area contributed by atoms with Gasteiger partial charge in [-0.05, 0) is 6.42 Å². The number of nitrogens with one attached hydrogen (secondary N) is 1. The zero-order valence-corrected chi connectivity index (χ0v) is 12.0. The van der Waals surface area contributed by atoms with Crippen LogP contribution < -0.4 is 11.1 Å². The summed E-state index contributed by atoms with van der Waals surface area (Å²) in [7, 11) is 0. The maximum absolute atomic E-state index is 12.6. The molecule has 0 saturated heterocycles. The van der Waals surface area contributed by atoms with Gasteiger partial charge < -0.3 is 21.3 Å². The molecular formula is C14H18N2O6. The molecule has 0 bridgehead atoms. The second-order valence-electron chi connectivity index (χ2n) is 5.07. The number of carbonyl (C=O) groups is 4. The van der Waals surface area contributed by atoms with Gasteiger partial charge in [0.1, 0.15) is 6.04 Å². The van der Waals surface area contributed by atoms with Crippen molar-refractivity contribution in [2.24, 2.45) is 11.1 Å². The molecule has 8 nitrogen and oxygen atoms in total. The summed E-state index contributed by atoms with van der Waals surface area (Å²) in [5, 5.41) is 20.4. The first-order chi connectivity index (χ1) is 10.2. The van der Waals surface area contributed by atoms with Crippen molar-refractivity contribution in [3.05, 3.63) is 24.3 Å². The van der Waals surface area contributed by atoms with Crippen LogP contribution in [-0.4, -0.2) is 45.9 Å². The van der Waals surface area contributed by atoms with E-state index in [1.54, 1.807) is 12.2 Å². The van der Waals surface area contributed by atoms with E-state index in [0.29, 0.717) is 0 Å². The van der Waals surface area contributed by atoms with Gasteiger partial charge in [0.2, 0.25) is 5.91 Å². The molecule has 0 heterocycles. The van der Waals surface area contributed by atoms with Crippen LogP contribution >= 0.6 is 0 Å². The number of carboxylic acids is 2. The van der Waals surface area contributed by atoms with E-state index in [1.807, 2.05) is 0 Å². The highest BCUT2D eigenvalue weighted by molar-refractivity contribution is 5.99. The van der Waals surface area contributed by atoms with Crippen molar-refractivity contribution in [3.63, 3.8) is 0 Å². The number of rotatable bonds is 7. The highest BCUT2D eigenvalue weighted by Gasteiger charge is 2.49. The molecule has 0 spiro atoms. The summed E-state index contributed by atoms with van der Waals surface area (Å²) in [5.41, 5.74) is 4.00. The molecule has 0 radical (unpaired) electrons. The molecule has 0 fully saturated rings. The predicted molar refractivity (Wildman–Crippen MR) is 75.8 cm³/mol. The van der Waals surface area contributed by atoms with Crippen LogP contribution in [0.15, 0.2) is 24.3 Å². The summed E-state index contributed by atoms with van der Waals surface area (Å²) in [6.45, 7) is 1.13. The Morgan fingerprint density at radius 2 is 1.91 bits per heavy atom. The quantitative estimate of drug-likeness (QED) is 0.493. The van der Waals surface area contributed by atoms with Crippen molar-refractivity contribution in [1.82, 2.24) is 5.32 Å². The van der Waals surface area contributed by atoms with Gasteiger partial charge in [-0.1, -0.05) is 24.3 Å². The van der Waals surface area contributed by atoms with Gasteiger partial charge in [-0.2, -0.15) is 0 Å². The fourth-order valence-electron chi connectivity index (χ4n) is 2.42. The van der Waals surface area contributed by atoms with E-state index in [4.69, 9.17) is 10.8 Å². The molecule has 8 heteroatoms. The second-order valence-corrected chi connectivity index (χ2v) is 5.07. The molecule has 1 aliphatic rings. The van der Waals surface area contributed by atoms with Gasteiger partial charge in [-0.15, -0.1) is 0 Å². The second kappa shape index (κ2) is 6.99. The maximum Gasteiger partial charge on any atom is 0.327 e. The Balaban J connectivity index is 3.24. The average molecular weight is 310 g/mol. The first-order valence-corrected chi connectivity index (χ1v) is 6.56. The molecule has 1 amide bonds. The van der Waals surface area contributed by atoms with Crippen molar-refractivity contribution < 1.29 is 29.4 Å². The minimum atomic E-state index is -1.61. The topological polar surface area (TPSA) is 147 Å². The maximum atomic E-state index is 12.6. The lowest BCUT2D eigenvalue weighted by Gasteiger charge is -2.36. The molecule has 0 aromatic carbocycles. The first kappa shape index (κ1) is 17.6. The Hall–Kier alpha value is -2.48. The van der Waals surface area contributed by atoms with E-state index in [1.165, 1.54) is 12.2 Å². The van der Waals surface area contributed by atoms with E-state index in [0.717, 1.165) is 6.92 Å². The Labute approximate surface area is 126 Å². The van der Waals surface area contributed by atoms with E-state index < -0.39 is 47.5 Å². The van der Waals surface area contributed by atoms with Crippen LogP contribution in [0.5, 0.6) is 0 Å². The normalized spacial score (nSPS) is 22.6. The number of nitrogens with two attached hydrogens (primary N) is 1. The zero-order valence-electron chi connectivity index (χ0n) is 12.0. The van der Waals surface area contributed by atoms with Gasteiger partial charge in [0.25, 0.3) is 0 Å². The molecule has 0 aromatic rings. The van der Waals surface area contributed by atoms with Gasteiger partial charge in [0, 0.05) is 6.92 Å². The Morgan fingerprint density at radius 3 is 2.32 bits per heavy atom. The smallest absolute Gasteiger partial charge is 0.327 e. The number of hydrogen-bond donors (Lipinski definition) is 4. The van der Waals surface area contributed by atoms with Crippen LogP contribution in [0, 0.1) is 5.41 Å². The van der Waals surface area contributed by atoms with Gasteiger partial charge in [0.15, 0.2) is 5.78 Å². The van der Waals surface area contributed by atoms with Crippen molar-refractivity contribution in [1.29, 1.82) is 0 Å². The lowest BCUT2D eigenvalue weighted by Crippen LogP contribution is -2.58. The van der Waals surface area contributed by atoms with Crippen LogP contribution in [0.25, 0.3) is 0 Å². The zero-order chi connectivity index (χ0) is 16.9. The first-order valence-electron chi connectivity index (χ1n) is 6.56. The third-order valence-electron chi connectivity index (χ3n) is 3.40. The number of amides is 1. The van der Waals surface area contributed by atoms with Crippen molar-refractivity contribution in [2.45, 2.75) is 31.8 Å². The largest absolute Gasteiger partial charge is 0.481 e. The van der Waals surface area contributed by atoms with Crippen LogP contribution in [0.2, 0.25) is 0 Å². The summed E-state index contributed by atoms with van der Waals surface area (Å²) < 4.78 is 0. The Morgan fingerprint density at radius 1 is 1.27 bits per heavy atom. The number of hydrogen-bond acceptors (Lipinski definition) is 5. The molecule has 1 rings (SSSR count). The molecule has 1 aliphatic carbocycles. The molecule has 5 N–H and O–H groups in total. The third kappa shape index (κ3) is 3.79. The van der Waals surface area contributed by atoms with E-state index in [2.05, 4.69) is 5.32 Å². The standard InChI is InChI=1S/C14H18N2O6/c1-8(17)16-11(13(21)22)14(5-3-2-4-6-14)12(20)9(15)7-10(18)19/h2-5,9,11H,6-7,15H2,1H3,(H,16,17)(H,18,19)(H,21,22)/t9-,11+,14?/m0/s1. The lowest BCUT2D eigenvalue weighted by atomic mass is 9.69. The fraction of sp³-hybridized carbons (Fsp3) is 0.429. The third-order valence-corrected chi connectivity index (χ3v) is 3.40. The highest BCUT2D eigenvalue weighted by Crippen LogP contribution is 2.35. The monoisotopic (exact) mass is 310 g/mol. The number of carbonyl (C=O) groups excluding carboxylic acids is 2. The van der Waals surface area contributed by atoms with Crippen LogP contribution in [0.1, 0.15) is 19.8 Å². The fourth-order valence-corrected chi connectivity index (χ4v) is 2.42. The Kier molecular flexibility index (Phi) is 5.58. The summed E-state index contributed by atoms with van der Waals surface area (Å²) in [6.07, 6.45) is 5.42. The summed E-state index contributed by atoms with van der Waals surface area (Å²) in [4.78, 5) is 46.1. The van der Waals surface area contributed by atoms with Crippen molar-refractivity contribution in [2.75, 3.05) is 0 Å². The summed E-state index contributed by atoms with van der Waals surface area (Å²) in [6, 6.07) is -2.90. The number of allylic oxidation sites excluding steroid dienone is 3. The van der Waals surface area contributed by atoms with Crippen molar-refractivity contribution >= 4 is 23.6 Å². The molecular weight excluding hydrogens is 292 g/mol. The predicted octanol–water partition coefficient (Wildman–Crippen LogP) is -0.551. The van der Waals surface area contributed by atoms with Crippen LogP contribution in [-0.2, 0) is 19.2 Å². The molecule has 0 saturated carbocycles. The number of aliphatic carboxylic acids is 2. The van der Waals surface area contributed by atoms with Crippen molar-refractivity contribution in [3.8, 4) is 0 Å². The summed E-state index contributed by atoms with van der Waals surface area (Å²) >= 11 is 0. The minimum Gasteiger partial charge on any atom is -0.481 e. The number of Topliss-reactive ketones (excluding diaryl/α,β-unsaturated/α-hetero) is 1. The minimum absolute atomic E-state index is 0.00684. The highest BCUT2D eigenvalue weighted by atomic mass is 16.4. The average Bonchev–Trinajstić information content (AvgIpc) is 2.43. The van der Waals surface area contributed by atoms with E-state index >= 15 is 0 Å². The van der Waals surface area contributed by atoms with Gasteiger partial charge in [-0.25, -0.2) is 4.79 Å². The lowest BCUT2D eigenvalue weighted by molar-refractivity contribution is -0.149. The molecule has 22 heavy (non-hydrogen) atoms. The number of ketones is 1.